The fourth-order valence-corrected chi connectivity index (χ4v) is 2.91. The average Bonchev–Trinajstić information content (AvgIpc) is 2.49. The van der Waals surface area contributed by atoms with Crippen molar-refractivity contribution in [1.29, 1.82) is 0 Å². The van der Waals surface area contributed by atoms with Crippen molar-refractivity contribution in [3.05, 3.63) is 29.8 Å². The van der Waals surface area contributed by atoms with Gasteiger partial charge in [-0.15, -0.1) is 0 Å². The molecule has 1 aliphatic heterocycles. The van der Waals surface area contributed by atoms with Gasteiger partial charge in [0, 0.05) is 32.4 Å². The van der Waals surface area contributed by atoms with Crippen molar-refractivity contribution in [2.45, 2.75) is 32.7 Å². The SMILES string of the molecule is CCCNCc1ccc(N2CCCC(COC)C2)cc1. The summed E-state index contributed by atoms with van der Waals surface area (Å²) in [6, 6.07) is 9.02. The minimum Gasteiger partial charge on any atom is -0.384 e. The number of nitrogens with zero attached hydrogens (tertiary/aromatic N) is 1. The number of methoxy groups -OCH3 is 1. The van der Waals surface area contributed by atoms with Crippen molar-refractivity contribution in [2.24, 2.45) is 5.92 Å². The van der Waals surface area contributed by atoms with E-state index >= 15 is 0 Å². The van der Waals surface area contributed by atoms with Crippen LogP contribution < -0.4 is 10.2 Å². The fourth-order valence-electron chi connectivity index (χ4n) is 2.91. The second-order valence-corrected chi connectivity index (χ2v) is 5.75. The third kappa shape index (κ3) is 4.50. The number of hydrogen-bond donors (Lipinski definition) is 1. The first-order chi connectivity index (χ1) is 9.83. The van der Waals surface area contributed by atoms with Gasteiger partial charge in [0.05, 0.1) is 6.61 Å². The van der Waals surface area contributed by atoms with E-state index in [2.05, 4.69) is 41.4 Å². The molecule has 0 amide bonds. The molecule has 0 spiro atoms. The Morgan fingerprint density at radius 3 is 2.80 bits per heavy atom. The van der Waals surface area contributed by atoms with Crippen LogP contribution in [0.15, 0.2) is 24.3 Å². The van der Waals surface area contributed by atoms with E-state index in [1.54, 1.807) is 7.11 Å². The van der Waals surface area contributed by atoms with Crippen molar-refractivity contribution in [3.8, 4) is 0 Å². The van der Waals surface area contributed by atoms with Gasteiger partial charge in [-0.3, -0.25) is 0 Å². The molecule has 1 heterocycles. The van der Waals surface area contributed by atoms with Crippen molar-refractivity contribution in [3.63, 3.8) is 0 Å². The summed E-state index contributed by atoms with van der Waals surface area (Å²) < 4.78 is 5.30. The molecule has 1 fully saturated rings. The third-order valence-electron chi connectivity index (χ3n) is 3.98. The first-order valence-corrected chi connectivity index (χ1v) is 7.87. The van der Waals surface area contributed by atoms with E-state index in [1.165, 1.54) is 37.1 Å². The van der Waals surface area contributed by atoms with Gasteiger partial charge >= 0.3 is 0 Å². The molecule has 2 rings (SSSR count). The zero-order valence-electron chi connectivity index (χ0n) is 12.9. The molecule has 112 valence electrons. The Morgan fingerprint density at radius 2 is 2.10 bits per heavy atom. The average molecular weight is 276 g/mol. The van der Waals surface area contributed by atoms with Crippen LogP contribution in [0.2, 0.25) is 0 Å². The van der Waals surface area contributed by atoms with Crippen LogP contribution in [0.4, 0.5) is 5.69 Å². The summed E-state index contributed by atoms with van der Waals surface area (Å²) in [5.74, 6) is 0.680. The van der Waals surface area contributed by atoms with Gasteiger partial charge in [0.25, 0.3) is 0 Å². The van der Waals surface area contributed by atoms with Gasteiger partial charge in [0.15, 0.2) is 0 Å². The molecule has 20 heavy (non-hydrogen) atoms. The van der Waals surface area contributed by atoms with Crippen LogP contribution in [0.25, 0.3) is 0 Å². The van der Waals surface area contributed by atoms with E-state index in [4.69, 9.17) is 4.74 Å². The van der Waals surface area contributed by atoms with Crippen molar-refractivity contribution < 1.29 is 4.74 Å². The zero-order valence-corrected chi connectivity index (χ0v) is 12.9. The number of benzene rings is 1. The number of anilines is 1. The standard InChI is InChI=1S/C17H28N2O/c1-3-10-18-12-15-6-8-17(9-7-15)19-11-4-5-16(13-19)14-20-2/h6-9,16,18H,3-5,10-14H2,1-2H3. The van der Waals surface area contributed by atoms with Gasteiger partial charge in [-0.05, 0) is 49.4 Å². The first kappa shape index (κ1) is 15.3. The second-order valence-electron chi connectivity index (χ2n) is 5.75. The Hall–Kier alpha value is -1.06. The maximum atomic E-state index is 5.30. The van der Waals surface area contributed by atoms with Crippen LogP contribution in [0.1, 0.15) is 31.7 Å². The van der Waals surface area contributed by atoms with E-state index in [0.29, 0.717) is 5.92 Å². The Bertz CT molecular complexity index is 375. The van der Waals surface area contributed by atoms with Gasteiger partial charge in [-0.2, -0.15) is 0 Å². The molecule has 1 aliphatic rings. The van der Waals surface area contributed by atoms with Crippen LogP contribution in [0.5, 0.6) is 0 Å². The molecule has 0 radical (unpaired) electrons. The molecular weight excluding hydrogens is 248 g/mol. The highest BCUT2D eigenvalue weighted by atomic mass is 16.5. The fraction of sp³-hybridized carbons (Fsp3) is 0.647. The second kappa shape index (κ2) is 8.28. The van der Waals surface area contributed by atoms with Crippen molar-refractivity contribution in [2.75, 3.05) is 38.3 Å². The molecule has 1 atom stereocenters. The summed E-state index contributed by atoms with van der Waals surface area (Å²) in [6.45, 7) is 7.44. The molecule has 0 saturated carbocycles. The summed E-state index contributed by atoms with van der Waals surface area (Å²) in [7, 11) is 1.80. The van der Waals surface area contributed by atoms with Crippen LogP contribution in [-0.4, -0.2) is 33.4 Å². The predicted molar refractivity (Wildman–Crippen MR) is 85.3 cm³/mol. The largest absolute Gasteiger partial charge is 0.384 e. The molecule has 3 heteroatoms. The van der Waals surface area contributed by atoms with Gasteiger partial charge in [0.1, 0.15) is 0 Å². The molecule has 1 unspecified atom stereocenters. The molecule has 1 N–H and O–H groups in total. The maximum absolute atomic E-state index is 5.30. The van der Waals surface area contributed by atoms with Gasteiger partial charge in [-0.25, -0.2) is 0 Å². The highest BCUT2D eigenvalue weighted by Crippen LogP contribution is 2.23. The van der Waals surface area contributed by atoms with E-state index in [0.717, 1.165) is 26.2 Å². The Labute approximate surface area is 123 Å². The topological polar surface area (TPSA) is 24.5 Å². The van der Waals surface area contributed by atoms with Gasteiger partial charge < -0.3 is 15.0 Å². The Morgan fingerprint density at radius 1 is 1.30 bits per heavy atom. The summed E-state index contributed by atoms with van der Waals surface area (Å²) >= 11 is 0. The number of rotatable bonds is 7. The number of piperidine rings is 1. The first-order valence-electron chi connectivity index (χ1n) is 7.87. The smallest absolute Gasteiger partial charge is 0.0507 e. The van der Waals surface area contributed by atoms with E-state index in [9.17, 15) is 0 Å². The lowest BCUT2D eigenvalue weighted by Crippen LogP contribution is -2.37. The lowest BCUT2D eigenvalue weighted by Gasteiger charge is -2.34. The molecule has 0 aliphatic carbocycles. The van der Waals surface area contributed by atoms with Crippen LogP contribution in [0.3, 0.4) is 0 Å². The highest BCUT2D eigenvalue weighted by molar-refractivity contribution is 5.48. The lowest BCUT2D eigenvalue weighted by atomic mass is 9.98. The maximum Gasteiger partial charge on any atom is 0.0507 e. The van der Waals surface area contributed by atoms with Crippen molar-refractivity contribution >= 4 is 5.69 Å². The highest BCUT2D eigenvalue weighted by Gasteiger charge is 2.19. The molecule has 1 aromatic carbocycles. The van der Waals surface area contributed by atoms with Crippen LogP contribution >= 0.6 is 0 Å². The number of nitrogens with one attached hydrogen (secondary N) is 1. The number of hydrogen-bond acceptors (Lipinski definition) is 3. The van der Waals surface area contributed by atoms with Gasteiger partial charge in [0.2, 0.25) is 0 Å². The molecule has 0 bridgehead atoms. The lowest BCUT2D eigenvalue weighted by molar-refractivity contribution is 0.143. The minimum atomic E-state index is 0.680. The quantitative estimate of drug-likeness (QED) is 0.775. The zero-order chi connectivity index (χ0) is 14.2. The summed E-state index contributed by atoms with van der Waals surface area (Å²) in [5, 5.41) is 3.44. The molecule has 1 saturated heterocycles. The monoisotopic (exact) mass is 276 g/mol. The summed E-state index contributed by atoms with van der Waals surface area (Å²) in [6.07, 6.45) is 3.75. The third-order valence-corrected chi connectivity index (χ3v) is 3.98. The Kier molecular flexibility index (Phi) is 6.34. The molecule has 1 aromatic rings. The summed E-state index contributed by atoms with van der Waals surface area (Å²) in [5.41, 5.74) is 2.72. The van der Waals surface area contributed by atoms with Crippen LogP contribution in [0, 0.1) is 5.92 Å². The predicted octanol–water partition coefficient (Wildman–Crippen LogP) is 3.05. The summed E-state index contributed by atoms with van der Waals surface area (Å²) in [4.78, 5) is 2.50. The normalized spacial score (nSPS) is 19.3. The van der Waals surface area contributed by atoms with E-state index in [-0.39, 0.29) is 0 Å². The molecule has 0 aromatic heterocycles. The van der Waals surface area contributed by atoms with Gasteiger partial charge in [-0.1, -0.05) is 19.1 Å². The minimum absolute atomic E-state index is 0.680. The van der Waals surface area contributed by atoms with E-state index in [1.807, 2.05) is 0 Å². The van der Waals surface area contributed by atoms with E-state index < -0.39 is 0 Å². The number of ether oxygens (including phenoxy) is 1. The molecular formula is C17H28N2O. The Balaban J connectivity index is 1.88. The van der Waals surface area contributed by atoms with Crippen LogP contribution in [-0.2, 0) is 11.3 Å². The van der Waals surface area contributed by atoms with Crippen molar-refractivity contribution in [1.82, 2.24) is 5.32 Å². The molecule has 3 nitrogen and oxygen atoms in total.